The van der Waals surface area contributed by atoms with Crippen LogP contribution in [0.2, 0.25) is 0 Å². The Morgan fingerprint density at radius 2 is 1.96 bits per heavy atom. The molecule has 0 bridgehead atoms. The molecule has 1 aliphatic heterocycles. The third-order valence-electron chi connectivity index (χ3n) is 4.91. The fourth-order valence-electron chi connectivity index (χ4n) is 3.28. The first-order valence-electron chi connectivity index (χ1n) is 8.86. The van der Waals surface area contributed by atoms with Crippen LogP contribution in [0.15, 0.2) is 29.6 Å². The Morgan fingerprint density at radius 1 is 1.12 bits per heavy atom. The lowest BCUT2D eigenvalue weighted by atomic mass is 10.1. The number of hydrogen-bond acceptors (Lipinski definition) is 5. The summed E-state index contributed by atoms with van der Waals surface area (Å²) in [5, 5.41) is 2.23. The summed E-state index contributed by atoms with van der Waals surface area (Å²) >= 11 is 1.91. The van der Waals surface area contributed by atoms with Crippen LogP contribution in [0.4, 0.5) is 0 Å². The van der Waals surface area contributed by atoms with E-state index in [1.54, 1.807) is 19.1 Å². The topological polar surface area (TPSA) is 24.9 Å². The van der Waals surface area contributed by atoms with Gasteiger partial charge in [-0.3, -0.25) is 4.90 Å². The van der Waals surface area contributed by atoms with Crippen LogP contribution in [-0.2, 0) is 19.4 Å². The zero-order chi connectivity index (χ0) is 17.6. The van der Waals surface area contributed by atoms with Gasteiger partial charge in [0.15, 0.2) is 11.5 Å². The zero-order valence-corrected chi connectivity index (χ0v) is 16.3. The van der Waals surface area contributed by atoms with Crippen LogP contribution in [0, 0.1) is 0 Å². The quantitative estimate of drug-likeness (QED) is 0.721. The van der Waals surface area contributed by atoms with Gasteiger partial charge >= 0.3 is 0 Å². The summed E-state index contributed by atoms with van der Waals surface area (Å²) in [4.78, 5) is 6.57. The number of rotatable bonds is 8. The standard InChI is InChI=1S/C20H28N2O2S/c1-21(9-6-16-4-5-18(23-2)19(14-16)24-3)11-12-22-10-7-20-17(15-22)8-13-25-20/h4-5,8,13-14H,6-7,9-12,15H2,1-3H3. The van der Waals surface area contributed by atoms with Gasteiger partial charge in [-0.15, -0.1) is 11.3 Å². The van der Waals surface area contributed by atoms with E-state index >= 15 is 0 Å². The number of thiophene rings is 1. The first-order chi connectivity index (χ1) is 12.2. The smallest absolute Gasteiger partial charge is 0.160 e. The summed E-state index contributed by atoms with van der Waals surface area (Å²) in [6.07, 6.45) is 2.23. The molecule has 0 saturated carbocycles. The van der Waals surface area contributed by atoms with E-state index in [0.717, 1.165) is 44.1 Å². The van der Waals surface area contributed by atoms with Gasteiger partial charge in [0.25, 0.3) is 0 Å². The Labute approximate surface area is 155 Å². The predicted molar refractivity (Wildman–Crippen MR) is 104 cm³/mol. The molecule has 3 rings (SSSR count). The fourth-order valence-corrected chi connectivity index (χ4v) is 4.17. The maximum Gasteiger partial charge on any atom is 0.160 e. The molecule has 5 heteroatoms. The maximum absolute atomic E-state index is 5.39. The molecule has 2 heterocycles. The lowest BCUT2D eigenvalue weighted by Gasteiger charge is -2.28. The van der Waals surface area contributed by atoms with Gasteiger partial charge in [0.2, 0.25) is 0 Å². The van der Waals surface area contributed by atoms with Crippen LogP contribution < -0.4 is 9.47 Å². The highest BCUT2D eigenvalue weighted by molar-refractivity contribution is 7.10. The second-order valence-electron chi connectivity index (χ2n) is 6.64. The Balaban J connectivity index is 1.43. The van der Waals surface area contributed by atoms with Crippen molar-refractivity contribution in [1.29, 1.82) is 0 Å². The fraction of sp³-hybridized carbons (Fsp3) is 0.500. The van der Waals surface area contributed by atoms with Gasteiger partial charge in [-0.25, -0.2) is 0 Å². The van der Waals surface area contributed by atoms with Crippen LogP contribution in [0.1, 0.15) is 16.0 Å². The van der Waals surface area contributed by atoms with E-state index in [1.165, 1.54) is 24.1 Å². The van der Waals surface area contributed by atoms with E-state index in [9.17, 15) is 0 Å². The average molecular weight is 361 g/mol. The molecule has 0 N–H and O–H groups in total. The van der Waals surface area contributed by atoms with E-state index < -0.39 is 0 Å². The number of fused-ring (bicyclic) bond motifs is 1. The van der Waals surface area contributed by atoms with Gasteiger partial charge in [0.05, 0.1) is 14.2 Å². The molecule has 0 saturated heterocycles. The van der Waals surface area contributed by atoms with Crippen molar-refractivity contribution in [2.45, 2.75) is 19.4 Å². The van der Waals surface area contributed by atoms with Crippen molar-refractivity contribution in [2.75, 3.05) is 47.4 Å². The predicted octanol–water partition coefficient (Wildman–Crippen LogP) is 3.30. The second kappa shape index (κ2) is 8.70. The number of methoxy groups -OCH3 is 2. The number of hydrogen-bond donors (Lipinski definition) is 0. The SMILES string of the molecule is COc1ccc(CCN(C)CCN2CCc3sccc3C2)cc1OC. The molecule has 0 atom stereocenters. The van der Waals surface area contributed by atoms with Crippen molar-refractivity contribution < 1.29 is 9.47 Å². The molecule has 1 aliphatic rings. The minimum Gasteiger partial charge on any atom is -0.493 e. The molecule has 0 aliphatic carbocycles. The first kappa shape index (κ1) is 18.2. The van der Waals surface area contributed by atoms with Gasteiger partial charge in [-0.1, -0.05) is 6.07 Å². The normalized spacial score (nSPS) is 14.6. The van der Waals surface area contributed by atoms with E-state index in [0.29, 0.717) is 0 Å². The number of benzene rings is 1. The van der Waals surface area contributed by atoms with Gasteiger partial charge in [0, 0.05) is 37.6 Å². The molecular weight excluding hydrogens is 332 g/mol. The molecule has 1 aromatic carbocycles. The van der Waals surface area contributed by atoms with Gasteiger partial charge in [-0.05, 0) is 54.6 Å². The van der Waals surface area contributed by atoms with Crippen molar-refractivity contribution in [2.24, 2.45) is 0 Å². The van der Waals surface area contributed by atoms with Crippen molar-refractivity contribution in [3.8, 4) is 11.5 Å². The number of nitrogens with zero attached hydrogens (tertiary/aromatic N) is 2. The van der Waals surface area contributed by atoms with Crippen LogP contribution in [-0.4, -0.2) is 57.2 Å². The molecule has 0 radical (unpaired) electrons. The first-order valence-corrected chi connectivity index (χ1v) is 9.74. The highest BCUT2D eigenvalue weighted by Crippen LogP contribution is 2.27. The van der Waals surface area contributed by atoms with Crippen LogP contribution in [0.3, 0.4) is 0 Å². The number of likely N-dealkylation sites (N-methyl/N-ethyl adjacent to an activating group) is 1. The van der Waals surface area contributed by atoms with Crippen molar-refractivity contribution >= 4 is 11.3 Å². The monoisotopic (exact) mass is 360 g/mol. The van der Waals surface area contributed by atoms with Crippen molar-refractivity contribution in [3.05, 3.63) is 45.6 Å². The van der Waals surface area contributed by atoms with Gasteiger partial charge < -0.3 is 14.4 Å². The minimum absolute atomic E-state index is 0.789. The molecule has 4 nitrogen and oxygen atoms in total. The summed E-state index contributed by atoms with van der Waals surface area (Å²) in [7, 11) is 5.57. The van der Waals surface area contributed by atoms with Crippen LogP contribution in [0.5, 0.6) is 11.5 Å². The molecule has 25 heavy (non-hydrogen) atoms. The highest BCUT2D eigenvalue weighted by atomic mass is 32.1. The third kappa shape index (κ3) is 4.75. The molecule has 2 aromatic rings. The van der Waals surface area contributed by atoms with Gasteiger partial charge in [0.1, 0.15) is 0 Å². The molecule has 136 valence electrons. The summed E-state index contributed by atoms with van der Waals surface area (Å²) in [5.41, 5.74) is 2.81. The van der Waals surface area contributed by atoms with Gasteiger partial charge in [-0.2, -0.15) is 0 Å². The summed E-state index contributed by atoms with van der Waals surface area (Å²) in [5.74, 6) is 1.60. The summed E-state index contributed by atoms with van der Waals surface area (Å²) in [6, 6.07) is 8.47. The van der Waals surface area contributed by atoms with Crippen LogP contribution in [0.25, 0.3) is 0 Å². The zero-order valence-electron chi connectivity index (χ0n) is 15.5. The molecule has 1 aromatic heterocycles. The maximum atomic E-state index is 5.39. The van der Waals surface area contributed by atoms with Crippen molar-refractivity contribution in [3.63, 3.8) is 0 Å². The Kier molecular flexibility index (Phi) is 6.34. The highest BCUT2D eigenvalue weighted by Gasteiger charge is 2.17. The van der Waals surface area contributed by atoms with Crippen LogP contribution >= 0.6 is 11.3 Å². The van der Waals surface area contributed by atoms with Crippen molar-refractivity contribution in [1.82, 2.24) is 9.80 Å². The average Bonchev–Trinajstić information content (AvgIpc) is 3.12. The minimum atomic E-state index is 0.789. The molecule has 0 spiro atoms. The molecular formula is C20H28N2O2S. The third-order valence-corrected chi connectivity index (χ3v) is 5.94. The summed E-state index contributed by atoms with van der Waals surface area (Å²) in [6.45, 7) is 5.59. The van der Waals surface area contributed by atoms with E-state index in [4.69, 9.17) is 9.47 Å². The lowest BCUT2D eigenvalue weighted by Crippen LogP contribution is -2.36. The van der Waals surface area contributed by atoms with E-state index in [2.05, 4.69) is 40.4 Å². The van der Waals surface area contributed by atoms with E-state index in [1.807, 2.05) is 17.4 Å². The number of ether oxygens (including phenoxy) is 2. The summed E-state index contributed by atoms with van der Waals surface area (Å²) < 4.78 is 10.7. The largest absolute Gasteiger partial charge is 0.493 e. The van der Waals surface area contributed by atoms with E-state index in [-0.39, 0.29) is 0 Å². The molecule has 0 unspecified atom stereocenters. The molecule has 0 amide bonds. The Bertz CT molecular complexity index is 686. The molecule has 0 fully saturated rings. The second-order valence-corrected chi connectivity index (χ2v) is 7.64. The Morgan fingerprint density at radius 3 is 2.76 bits per heavy atom. The lowest BCUT2D eigenvalue weighted by molar-refractivity contribution is 0.213. The Hall–Kier alpha value is -1.56.